The Morgan fingerprint density at radius 2 is 1.83 bits per heavy atom. The molecule has 0 unspecified atom stereocenters. The molecule has 2 aromatic rings. The van der Waals surface area contributed by atoms with Crippen LogP contribution in [0.4, 0.5) is 0 Å². The second-order valence-corrected chi connectivity index (χ2v) is 7.12. The summed E-state index contributed by atoms with van der Waals surface area (Å²) >= 11 is 1.66. The van der Waals surface area contributed by atoms with Crippen LogP contribution >= 0.6 is 11.8 Å². The van der Waals surface area contributed by atoms with E-state index in [0.717, 1.165) is 5.75 Å². The Labute approximate surface area is 143 Å². The highest BCUT2D eigenvalue weighted by Crippen LogP contribution is 2.19. The molecule has 122 valence electrons. The quantitative estimate of drug-likeness (QED) is 0.831. The molecule has 2 aromatic carbocycles. The van der Waals surface area contributed by atoms with Gasteiger partial charge in [-0.1, -0.05) is 53.6 Å². The summed E-state index contributed by atoms with van der Waals surface area (Å²) < 4.78 is 0. The van der Waals surface area contributed by atoms with Crippen molar-refractivity contribution in [3.63, 3.8) is 0 Å². The highest BCUT2D eigenvalue weighted by molar-refractivity contribution is 7.99. The standard InChI is InChI=1S/C20H25NOS/c1-14-6-5-7-18(10-14)12-23-13-20(22)21-17(4)19-11-15(2)8-9-16(19)3/h5-11,17H,12-13H2,1-4H3,(H,21,22)/t17-/m1/s1. The fraction of sp³-hybridized carbons (Fsp3) is 0.350. The third-order valence-corrected chi connectivity index (χ3v) is 4.87. The fourth-order valence-corrected chi connectivity index (χ4v) is 3.44. The zero-order valence-corrected chi connectivity index (χ0v) is 15.2. The Bertz CT molecular complexity index is 681. The Balaban J connectivity index is 1.83. The first-order valence-corrected chi connectivity index (χ1v) is 9.11. The minimum absolute atomic E-state index is 0.0435. The number of hydrogen-bond acceptors (Lipinski definition) is 2. The number of rotatable bonds is 6. The zero-order chi connectivity index (χ0) is 16.8. The van der Waals surface area contributed by atoms with E-state index in [9.17, 15) is 4.79 Å². The largest absolute Gasteiger partial charge is 0.349 e. The number of hydrogen-bond donors (Lipinski definition) is 1. The van der Waals surface area contributed by atoms with E-state index in [2.05, 4.69) is 68.6 Å². The van der Waals surface area contributed by atoms with Crippen molar-refractivity contribution in [3.05, 3.63) is 70.3 Å². The van der Waals surface area contributed by atoms with Crippen LogP contribution in [0.15, 0.2) is 42.5 Å². The van der Waals surface area contributed by atoms with Crippen LogP contribution in [0.1, 0.15) is 40.8 Å². The summed E-state index contributed by atoms with van der Waals surface area (Å²) in [5.74, 6) is 1.45. The fourth-order valence-electron chi connectivity index (χ4n) is 2.65. The number of benzene rings is 2. The summed E-state index contributed by atoms with van der Waals surface area (Å²) in [6.07, 6.45) is 0. The van der Waals surface area contributed by atoms with Crippen molar-refractivity contribution in [1.29, 1.82) is 0 Å². The Morgan fingerprint density at radius 3 is 2.57 bits per heavy atom. The second-order valence-electron chi connectivity index (χ2n) is 6.13. The topological polar surface area (TPSA) is 29.1 Å². The molecule has 0 aliphatic rings. The first-order valence-electron chi connectivity index (χ1n) is 7.95. The highest BCUT2D eigenvalue weighted by atomic mass is 32.2. The van der Waals surface area contributed by atoms with Crippen molar-refractivity contribution in [1.82, 2.24) is 5.32 Å². The van der Waals surface area contributed by atoms with Gasteiger partial charge in [0.05, 0.1) is 11.8 Å². The van der Waals surface area contributed by atoms with Crippen LogP contribution in [0.3, 0.4) is 0 Å². The lowest BCUT2D eigenvalue weighted by atomic mass is 10.00. The molecule has 1 amide bonds. The molecule has 0 heterocycles. The van der Waals surface area contributed by atoms with Gasteiger partial charge in [0.15, 0.2) is 0 Å². The number of aryl methyl sites for hydroxylation is 3. The van der Waals surface area contributed by atoms with Gasteiger partial charge in [0, 0.05) is 5.75 Å². The van der Waals surface area contributed by atoms with E-state index in [-0.39, 0.29) is 11.9 Å². The van der Waals surface area contributed by atoms with Crippen LogP contribution in [-0.4, -0.2) is 11.7 Å². The maximum atomic E-state index is 12.1. The smallest absolute Gasteiger partial charge is 0.230 e. The van der Waals surface area contributed by atoms with E-state index in [4.69, 9.17) is 0 Å². The molecule has 0 fully saturated rings. The summed E-state index contributed by atoms with van der Waals surface area (Å²) in [5.41, 5.74) is 6.17. The van der Waals surface area contributed by atoms with E-state index in [1.54, 1.807) is 11.8 Å². The SMILES string of the molecule is Cc1cccc(CSCC(=O)N[C@H](C)c2cc(C)ccc2C)c1. The Kier molecular flexibility index (Phi) is 6.28. The van der Waals surface area contributed by atoms with Crippen molar-refractivity contribution in [2.45, 2.75) is 39.5 Å². The predicted octanol–water partition coefficient (Wildman–Crippen LogP) is 4.72. The molecule has 3 heteroatoms. The number of nitrogens with one attached hydrogen (secondary N) is 1. The summed E-state index contributed by atoms with van der Waals surface area (Å²) in [4.78, 5) is 12.1. The molecule has 23 heavy (non-hydrogen) atoms. The van der Waals surface area contributed by atoms with Crippen LogP contribution in [0.5, 0.6) is 0 Å². The van der Waals surface area contributed by atoms with Crippen LogP contribution in [0.25, 0.3) is 0 Å². The van der Waals surface area contributed by atoms with Gasteiger partial charge in [-0.25, -0.2) is 0 Å². The van der Waals surface area contributed by atoms with E-state index in [1.807, 2.05) is 6.92 Å². The molecule has 0 aliphatic carbocycles. The van der Waals surface area contributed by atoms with Gasteiger partial charge in [0.25, 0.3) is 0 Å². The lowest BCUT2D eigenvalue weighted by Crippen LogP contribution is -2.28. The molecule has 0 saturated heterocycles. The minimum Gasteiger partial charge on any atom is -0.349 e. The second kappa shape index (κ2) is 8.21. The molecule has 0 spiro atoms. The summed E-state index contributed by atoms with van der Waals surface area (Å²) in [6.45, 7) is 8.30. The molecular weight excluding hydrogens is 302 g/mol. The lowest BCUT2D eigenvalue weighted by Gasteiger charge is -2.17. The van der Waals surface area contributed by atoms with Crippen molar-refractivity contribution in [2.75, 3.05) is 5.75 Å². The lowest BCUT2D eigenvalue weighted by molar-refractivity contribution is -0.119. The van der Waals surface area contributed by atoms with Crippen molar-refractivity contribution in [3.8, 4) is 0 Å². The molecule has 0 bridgehead atoms. The number of carbonyl (C=O) groups is 1. The van der Waals surface area contributed by atoms with Crippen LogP contribution < -0.4 is 5.32 Å². The first-order chi connectivity index (χ1) is 11.0. The van der Waals surface area contributed by atoms with E-state index >= 15 is 0 Å². The van der Waals surface area contributed by atoms with Gasteiger partial charge < -0.3 is 5.32 Å². The molecular formula is C20H25NOS. The van der Waals surface area contributed by atoms with Crippen molar-refractivity contribution in [2.24, 2.45) is 0 Å². The van der Waals surface area contributed by atoms with Gasteiger partial charge in [-0.15, -0.1) is 11.8 Å². The third-order valence-electron chi connectivity index (χ3n) is 3.86. The monoisotopic (exact) mass is 327 g/mol. The predicted molar refractivity (Wildman–Crippen MR) is 99.8 cm³/mol. The zero-order valence-electron chi connectivity index (χ0n) is 14.3. The molecule has 2 rings (SSSR count). The summed E-state index contributed by atoms with van der Waals surface area (Å²) in [7, 11) is 0. The maximum Gasteiger partial charge on any atom is 0.230 e. The highest BCUT2D eigenvalue weighted by Gasteiger charge is 2.12. The van der Waals surface area contributed by atoms with E-state index in [0.29, 0.717) is 5.75 Å². The van der Waals surface area contributed by atoms with Gasteiger partial charge in [-0.05, 0) is 44.4 Å². The molecule has 0 saturated carbocycles. The minimum atomic E-state index is 0.0435. The molecule has 1 N–H and O–H groups in total. The molecule has 0 aliphatic heterocycles. The van der Waals surface area contributed by atoms with Crippen LogP contribution in [0.2, 0.25) is 0 Å². The van der Waals surface area contributed by atoms with Gasteiger partial charge in [0.1, 0.15) is 0 Å². The number of carbonyl (C=O) groups excluding carboxylic acids is 1. The first kappa shape index (κ1) is 17.6. The molecule has 2 nitrogen and oxygen atoms in total. The third kappa shape index (κ3) is 5.43. The average Bonchev–Trinajstić information content (AvgIpc) is 2.49. The van der Waals surface area contributed by atoms with Crippen molar-refractivity contribution < 1.29 is 4.79 Å². The van der Waals surface area contributed by atoms with Crippen LogP contribution in [0, 0.1) is 20.8 Å². The molecule has 1 atom stereocenters. The normalized spacial score (nSPS) is 12.0. The molecule has 0 radical (unpaired) electrons. The van der Waals surface area contributed by atoms with Crippen LogP contribution in [-0.2, 0) is 10.5 Å². The summed E-state index contributed by atoms with van der Waals surface area (Å²) in [6, 6.07) is 14.8. The Morgan fingerprint density at radius 1 is 1.09 bits per heavy atom. The molecule has 0 aromatic heterocycles. The van der Waals surface area contributed by atoms with E-state index in [1.165, 1.54) is 27.8 Å². The summed E-state index contributed by atoms with van der Waals surface area (Å²) in [5, 5.41) is 3.10. The number of amides is 1. The average molecular weight is 327 g/mol. The number of thioether (sulfide) groups is 1. The van der Waals surface area contributed by atoms with Gasteiger partial charge >= 0.3 is 0 Å². The van der Waals surface area contributed by atoms with Gasteiger partial charge in [-0.3, -0.25) is 4.79 Å². The maximum absolute atomic E-state index is 12.1. The van der Waals surface area contributed by atoms with Gasteiger partial charge in [0.2, 0.25) is 5.91 Å². The van der Waals surface area contributed by atoms with E-state index < -0.39 is 0 Å². The van der Waals surface area contributed by atoms with Gasteiger partial charge in [-0.2, -0.15) is 0 Å². The Hall–Kier alpha value is -1.74. The van der Waals surface area contributed by atoms with Crippen molar-refractivity contribution >= 4 is 17.7 Å².